The summed E-state index contributed by atoms with van der Waals surface area (Å²) in [7, 11) is 0. The van der Waals surface area contributed by atoms with Crippen molar-refractivity contribution in [1.29, 1.82) is 0 Å². The fourth-order valence-electron chi connectivity index (χ4n) is 1.16. The highest BCUT2D eigenvalue weighted by Gasteiger charge is 2.06. The van der Waals surface area contributed by atoms with E-state index in [0.29, 0.717) is 10.7 Å². The molecule has 0 saturated heterocycles. The molecule has 0 amide bonds. The number of rotatable bonds is 2. The zero-order chi connectivity index (χ0) is 11.5. The summed E-state index contributed by atoms with van der Waals surface area (Å²) in [5, 5.41) is 1.53. The Bertz CT molecular complexity index is 519. The standard InChI is InChI=1S/C11H8BrClN2S/c12-8-2-1-5-15-11(8)16-10-4-3-7(13)6-9(10)14/h1-6H,14H2. The van der Waals surface area contributed by atoms with E-state index in [0.717, 1.165) is 14.4 Å². The molecule has 1 heterocycles. The zero-order valence-electron chi connectivity index (χ0n) is 8.15. The SMILES string of the molecule is Nc1cc(Cl)ccc1Sc1ncccc1Br. The van der Waals surface area contributed by atoms with E-state index in [9.17, 15) is 0 Å². The van der Waals surface area contributed by atoms with Gasteiger partial charge in [0.25, 0.3) is 0 Å². The maximum atomic E-state index is 5.87. The molecule has 2 N–H and O–H groups in total. The molecule has 0 spiro atoms. The van der Waals surface area contributed by atoms with E-state index in [1.807, 2.05) is 24.3 Å². The zero-order valence-corrected chi connectivity index (χ0v) is 11.3. The Hall–Kier alpha value is -0.710. The van der Waals surface area contributed by atoms with Crippen molar-refractivity contribution in [3.05, 3.63) is 46.0 Å². The molecule has 5 heteroatoms. The topological polar surface area (TPSA) is 38.9 Å². The largest absolute Gasteiger partial charge is 0.398 e. The second kappa shape index (κ2) is 5.08. The summed E-state index contributed by atoms with van der Waals surface area (Å²) < 4.78 is 0.953. The van der Waals surface area contributed by atoms with Crippen LogP contribution in [0, 0.1) is 0 Å². The Kier molecular flexibility index (Phi) is 3.74. The van der Waals surface area contributed by atoms with Gasteiger partial charge in [-0.15, -0.1) is 0 Å². The van der Waals surface area contributed by atoms with Gasteiger partial charge < -0.3 is 5.73 Å². The molecule has 0 bridgehead atoms. The predicted octanol–water partition coefficient (Wildman–Crippen LogP) is 4.23. The minimum absolute atomic E-state index is 0.641. The van der Waals surface area contributed by atoms with Crippen molar-refractivity contribution in [2.45, 2.75) is 9.92 Å². The summed E-state index contributed by atoms with van der Waals surface area (Å²) in [5.41, 5.74) is 6.53. The predicted molar refractivity (Wildman–Crippen MR) is 71.9 cm³/mol. The van der Waals surface area contributed by atoms with E-state index in [2.05, 4.69) is 20.9 Å². The highest BCUT2D eigenvalue weighted by molar-refractivity contribution is 9.10. The fourth-order valence-corrected chi connectivity index (χ4v) is 2.64. The minimum atomic E-state index is 0.641. The van der Waals surface area contributed by atoms with Gasteiger partial charge in [0.15, 0.2) is 0 Å². The fraction of sp³-hybridized carbons (Fsp3) is 0. The number of benzene rings is 1. The van der Waals surface area contributed by atoms with Crippen LogP contribution in [0.15, 0.2) is 50.9 Å². The average Bonchev–Trinajstić information content (AvgIpc) is 2.25. The van der Waals surface area contributed by atoms with E-state index in [1.165, 1.54) is 11.8 Å². The second-order valence-corrected chi connectivity index (χ2v) is 5.40. The molecule has 1 aromatic carbocycles. The van der Waals surface area contributed by atoms with Crippen LogP contribution in [0.25, 0.3) is 0 Å². The maximum absolute atomic E-state index is 5.87. The molecule has 82 valence electrons. The van der Waals surface area contributed by atoms with Gasteiger partial charge in [-0.25, -0.2) is 4.98 Å². The van der Waals surface area contributed by atoms with E-state index >= 15 is 0 Å². The van der Waals surface area contributed by atoms with Gasteiger partial charge in [-0.05, 0) is 46.3 Å². The van der Waals surface area contributed by atoms with E-state index in [4.69, 9.17) is 17.3 Å². The third kappa shape index (κ3) is 2.70. The number of nitrogens with zero attached hydrogens (tertiary/aromatic N) is 1. The Balaban J connectivity index is 2.31. The van der Waals surface area contributed by atoms with Gasteiger partial charge in [-0.2, -0.15) is 0 Å². The summed E-state index contributed by atoms with van der Waals surface area (Å²) >= 11 is 10.8. The number of anilines is 1. The van der Waals surface area contributed by atoms with Crippen LogP contribution in [0.5, 0.6) is 0 Å². The van der Waals surface area contributed by atoms with Crippen LogP contribution in [0.1, 0.15) is 0 Å². The van der Waals surface area contributed by atoms with Crippen LogP contribution in [-0.2, 0) is 0 Å². The molecular weight excluding hydrogens is 308 g/mol. The molecule has 0 radical (unpaired) electrons. The Labute approximate surface area is 111 Å². The summed E-state index contributed by atoms with van der Waals surface area (Å²) in [4.78, 5) is 5.21. The highest BCUT2D eigenvalue weighted by Crippen LogP contribution is 2.35. The van der Waals surface area contributed by atoms with Crippen molar-refractivity contribution in [1.82, 2.24) is 4.98 Å². The molecule has 0 atom stereocenters. The molecule has 2 rings (SSSR count). The third-order valence-corrected chi connectivity index (χ3v) is 4.15. The number of halogens is 2. The number of hydrogen-bond donors (Lipinski definition) is 1. The smallest absolute Gasteiger partial charge is 0.115 e. The number of nitrogen functional groups attached to an aromatic ring is 1. The van der Waals surface area contributed by atoms with Crippen LogP contribution in [0.2, 0.25) is 5.02 Å². The molecule has 0 aliphatic rings. The lowest BCUT2D eigenvalue weighted by molar-refractivity contribution is 1.11. The molecule has 0 aliphatic carbocycles. The molecule has 16 heavy (non-hydrogen) atoms. The summed E-state index contributed by atoms with van der Waals surface area (Å²) in [6.07, 6.45) is 1.75. The first-order valence-corrected chi connectivity index (χ1v) is 6.49. The molecule has 2 nitrogen and oxygen atoms in total. The quantitative estimate of drug-likeness (QED) is 0.843. The summed E-state index contributed by atoms with van der Waals surface area (Å²) in [5.74, 6) is 0. The van der Waals surface area contributed by atoms with Gasteiger partial charge >= 0.3 is 0 Å². The molecule has 0 aliphatic heterocycles. The average molecular weight is 316 g/mol. The first-order chi connectivity index (χ1) is 7.66. The van der Waals surface area contributed by atoms with Crippen LogP contribution in [0.3, 0.4) is 0 Å². The van der Waals surface area contributed by atoms with Gasteiger partial charge in [-0.1, -0.05) is 23.4 Å². The van der Waals surface area contributed by atoms with E-state index in [-0.39, 0.29) is 0 Å². The Morgan fingerprint density at radius 1 is 1.31 bits per heavy atom. The molecule has 0 unspecified atom stereocenters. The van der Waals surface area contributed by atoms with Gasteiger partial charge in [0, 0.05) is 21.8 Å². The van der Waals surface area contributed by atoms with Gasteiger partial charge in [-0.3, -0.25) is 0 Å². The van der Waals surface area contributed by atoms with Gasteiger partial charge in [0.05, 0.1) is 4.47 Å². The molecular formula is C11H8BrClN2S. The van der Waals surface area contributed by atoms with E-state index in [1.54, 1.807) is 12.3 Å². The third-order valence-electron chi connectivity index (χ3n) is 1.90. The van der Waals surface area contributed by atoms with Crippen molar-refractivity contribution < 1.29 is 0 Å². The van der Waals surface area contributed by atoms with Crippen LogP contribution < -0.4 is 5.73 Å². The number of pyridine rings is 1. The number of nitrogens with two attached hydrogens (primary N) is 1. The number of hydrogen-bond acceptors (Lipinski definition) is 3. The first kappa shape index (κ1) is 11.8. The normalized spacial score (nSPS) is 10.4. The molecule has 0 fully saturated rings. The van der Waals surface area contributed by atoms with Gasteiger partial charge in [0.2, 0.25) is 0 Å². The Morgan fingerprint density at radius 3 is 2.81 bits per heavy atom. The number of aromatic nitrogens is 1. The highest BCUT2D eigenvalue weighted by atomic mass is 79.9. The van der Waals surface area contributed by atoms with Crippen LogP contribution >= 0.6 is 39.3 Å². The van der Waals surface area contributed by atoms with Crippen molar-refractivity contribution in [3.63, 3.8) is 0 Å². The Morgan fingerprint density at radius 2 is 2.12 bits per heavy atom. The molecule has 1 aromatic heterocycles. The first-order valence-electron chi connectivity index (χ1n) is 4.50. The summed E-state index contributed by atoms with van der Waals surface area (Å²) in [6.45, 7) is 0. The van der Waals surface area contributed by atoms with E-state index < -0.39 is 0 Å². The lowest BCUT2D eigenvalue weighted by Gasteiger charge is -2.06. The minimum Gasteiger partial charge on any atom is -0.398 e. The van der Waals surface area contributed by atoms with Crippen molar-refractivity contribution >= 4 is 45.0 Å². The molecule has 2 aromatic rings. The van der Waals surface area contributed by atoms with Crippen molar-refractivity contribution in [3.8, 4) is 0 Å². The summed E-state index contributed by atoms with van der Waals surface area (Å²) in [6, 6.07) is 9.27. The van der Waals surface area contributed by atoms with Crippen molar-refractivity contribution in [2.75, 3.05) is 5.73 Å². The maximum Gasteiger partial charge on any atom is 0.115 e. The second-order valence-electron chi connectivity index (χ2n) is 3.07. The lowest BCUT2D eigenvalue weighted by Crippen LogP contribution is -1.89. The van der Waals surface area contributed by atoms with Gasteiger partial charge in [0.1, 0.15) is 5.03 Å². The molecule has 0 saturated carbocycles. The lowest BCUT2D eigenvalue weighted by atomic mass is 10.3. The van der Waals surface area contributed by atoms with Crippen LogP contribution in [0.4, 0.5) is 5.69 Å². The van der Waals surface area contributed by atoms with Crippen LogP contribution in [-0.4, -0.2) is 4.98 Å². The van der Waals surface area contributed by atoms with Crippen molar-refractivity contribution in [2.24, 2.45) is 0 Å². The monoisotopic (exact) mass is 314 g/mol.